The lowest BCUT2D eigenvalue weighted by Gasteiger charge is -2.03. The minimum absolute atomic E-state index is 0.126. The van der Waals surface area contributed by atoms with Crippen LogP contribution in [-0.2, 0) is 0 Å². The van der Waals surface area contributed by atoms with E-state index in [1.807, 2.05) is 38.1 Å². The van der Waals surface area contributed by atoms with Crippen molar-refractivity contribution >= 4 is 43.0 Å². The molecule has 2 aromatic carbocycles. The lowest BCUT2D eigenvalue weighted by Crippen LogP contribution is -1.83. The van der Waals surface area contributed by atoms with Crippen LogP contribution in [0.1, 0.15) is 11.1 Å². The molecule has 102 valence electrons. The number of hydrogen-bond donors (Lipinski definition) is 1. The number of phenolic OH excluding ortho intramolecular Hbond substituents is 1. The first kappa shape index (κ1) is 13.6. The molecule has 0 aliphatic rings. The number of aromatic hydroxyl groups is 1. The highest BCUT2D eigenvalue weighted by molar-refractivity contribution is 9.11. The normalized spacial score (nSPS) is 11.2. The van der Waals surface area contributed by atoms with Crippen LogP contribution < -0.4 is 0 Å². The Labute approximate surface area is 132 Å². The fourth-order valence-corrected chi connectivity index (χ4v) is 3.15. The number of nitrogens with zero attached hydrogens (tertiary/aromatic N) is 1. The molecule has 0 radical (unpaired) electrons. The number of fused-ring (bicyclic) bond motifs is 1. The summed E-state index contributed by atoms with van der Waals surface area (Å²) >= 11 is 6.71. The van der Waals surface area contributed by atoms with Crippen molar-refractivity contribution in [1.29, 1.82) is 0 Å². The smallest absolute Gasteiger partial charge is 0.227 e. The van der Waals surface area contributed by atoms with E-state index in [2.05, 4.69) is 36.8 Å². The first-order chi connectivity index (χ1) is 9.49. The Kier molecular flexibility index (Phi) is 3.34. The van der Waals surface area contributed by atoms with E-state index in [1.165, 1.54) is 5.56 Å². The molecule has 1 heterocycles. The molecular weight excluding hydrogens is 386 g/mol. The van der Waals surface area contributed by atoms with E-state index in [0.29, 0.717) is 20.4 Å². The molecule has 3 rings (SSSR count). The molecule has 5 heteroatoms. The topological polar surface area (TPSA) is 46.3 Å². The van der Waals surface area contributed by atoms with Gasteiger partial charge >= 0.3 is 0 Å². The predicted octanol–water partition coefficient (Wildman–Crippen LogP) is 5.34. The molecule has 0 amide bonds. The molecule has 0 bridgehead atoms. The fourth-order valence-electron chi connectivity index (χ4n) is 2.03. The third-order valence-electron chi connectivity index (χ3n) is 3.23. The number of halogens is 2. The minimum atomic E-state index is 0.126. The zero-order valence-electron chi connectivity index (χ0n) is 10.9. The van der Waals surface area contributed by atoms with Gasteiger partial charge in [-0.05, 0) is 63.4 Å². The molecule has 0 aliphatic heterocycles. The highest BCUT2D eigenvalue weighted by Crippen LogP contribution is 2.42. The highest BCUT2D eigenvalue weighted by Gasteiger charge is 2.19. The summed E-state index contributed by atoms with van der Waals surface area (Å²) in [5, 5.41) is 10.0. The van der Waals surface area contributed by atoms with Crippen LogP contribution in [0, 0.1) is 13.8 Å². The van der Waals surface area contributed by atoms with E-state index in [4.69, 9.17) is 4.42 Å². The summed E-state index contributed by atoms with van der Waals surface area (Å²) < 4.78 is 6.94. The quantitative estimate of drug-likeness (QED) is 0.603. The molecule has 0 spiro atoms. The number of aromatic nitrogens is 1. The second-order valence-corrected chi connectivity index (χ2v) is 6.25. The summed E-state index contributed by atoms with van der Waals surface area (Å²) in [6.45, 7) is 3.92. The van der Waals surface area contributed by atoms with Gasteiger partial charge in [0.25, 0.3) is 0 Å². The number of benzene rings is 2. The standard InChI is InChI=1S/C15H11Br2NO2/c1-7-3-5-9(6-4-7)15-18-12-8(2)10(16)13(19)11(17)14(12)20-15/h3-6,19H,1-2H3. The molecule has 0 unspecified atom stereocenters. The maximum Gasteiger partial charge on any atom is 0.227 e. The monoisotopic (exact) mass is 395 g/mol. The van der Waals surface area contributed by atoms with Crippen LogP contribution in [0.15, 0.2) is 37.6 Å². The highest BCUT2D eigenvalue weighted by atomic mass is 79.9. The van der Waals surface area contributed by atoms with Crippen molar-refractivity contribution in [2.75, 3.05) is 0 Å². The van der Waals surface area contributed by atoms with Gasteiger partial charge in [-0.15, -0.1) is 0 Å². The Bertz CT molecular complexity index is 762. The second kappa shape index (κ2) is 4.90. The Morgan fingerprint density at radius 3 is 2.35 bits per heavy atom. The van der Waals surface area contributed by atoms with Crippen LogP contribution in [0.5, 0.6) is 5.75 Å². The van der Waals surface area contributed by atoms with Crippen molar-refractivity contribution in [3.05, 3.63) is 44.3 Å². The molecule has 0 fully saturated rings. The summed E-state index contributed by atoms with van der Waals surface area (Å²) in [4.78, 5) is 4.54. The first-order valence-corrected chi connectivity index (χ1v) is 7.61. The molecule has 0 saturated heterocycles. The summed E-state index contributed by atoms with van der Waals surface area (Å²) in [5.74, 6) is 0.669. The van der Waals surface area contributed by atoms with Gasteiger partial charge in [-0.3, -0.25) is 0 Å². The number of rotatable bonds is 1. The van der Waals surface area contributed by atoms with Gasteiger partial charge < -0.3 is 9.52 Å². The van der Waals surface area contributed by atoms with Crippen LogP contribution in [0.2, 0.25) is 0 Å². The van der Waals surface area contributed by atoms with Crippen molar-refractivity contribution in [2.45, 2.75) is 13.8 Å². The van der Waals surface area contributed by atoms with Gasteiger partial charge in [0.05, 0.1) is 4.47 Å². The van der Waals surface area contributed by atoms with Gasteiger partial charge in [-0.25, -0.2) is 4.98 Å². The van der Waals surface area contributed by atoms with Crippen LogP contribution in [0.25, 0.3) is 22.6 Å². The summed E-state index contributed by atoms with van der Waals surface area (Å²) in [6, 6.07) is 7.97. The van der Waals surface area contributed by atoms with Gasteiger partial charge in [0.2, 0.25) is 5.89 Å². The Morgan fingerprint density at radius 2 is 1.70 bits per heavy atom. The van der Waals surface area contributed by atoms with E-state index in [1.54, 1.807) is 0 Å². The molecule has 20 heavy (non-hydrogen) atoms. The summed E-state index contributed by atoms with van der Waals surface area (Å²) in [5.41, 5.74) is 4.23. The molecule has 0 aliphatic carbocycles. The van der Waals surface area contributed by atoms with Crippen LogP contribution in [0.3, 0.4) is 0 Å². The SMILES string of the molecule is Cc1ccc(-c2nc3c(C)c(Br)c(O)c(Br)c3o2)cc1. The third-order valence-corrected chi connectivity index (χ3v) is 4.93. The van der Waals surface area contributed by atoms with Crippen molar-refractivity contribution in [2.24, 2.45) is 0 Å². The van der Waals surface area contributed by atoms with E-state index < -0.39 is 0 Å². The van der Waals surface area contributed by atoms with Gasteiger partial charge in [0.15, 0.2) is 5.58 Å². The molecule has 1 N–H and O–H groups in total. The van der Waals surface area contributed by atoms with E-state index in [0.717, 1.165) is 16.6 Å². The van der Waals surface area contributed by atoms with Crippen molar-refractivity contribution < 1.29 is 9.52 Å². The number of phenols is 1. The van der Waals surface area contributed by atoms with Gasteiger partial charge in [0, 0.05) is 5.56 Å². The second-order valence-electron chi connectivity index (χ2n) is 4.66. The average molecular weight is 397 g/mol. The maximum absolute atomic E-state index is 10.0. The fraction of sp³-hybridized carbons (Fsp3) is 0.133. The van der Waals surface area contributed by atoms with E-state index in [9.17, 15) is 5.11 Å². The van der Waals surface area contributed by atoms with Gasteiger partial charge in [-0.1, -0.05) is 17.7 Å². The zero-order valence-corrected chi connectivity index (χ0v) is 14.0. The van der Waals surface area contributed by atoms with Gasteiger partial charge in [0.1, 0.15) is 15.7 Å². The third kappa shape index (κ3) is 2.05. The summed E-state index contributed by atoms with van der Waals surface area (Å²) in [6.07, 6.45) is 0. The molecule has 0 saturated carbocycles. The van der Waals surface area contributed by atoms with Crippen molar-refractivity contribution in [3.63, 3.8) is 0 Å². The Hall–Kier alpha value is -1.33. The minimum Gasteiger partial charge on any atom is -0.505 e. The lowest BCUT2D eigenvalue weighted by molar-refractivity contribution is 0.467. The first-order valence-electron chi connectivity index (χ1n) is 6.03. The number of aryl methyl sites for hydroxylation is 2. The van der Waals surface area contributed by atoms with Crippen molar-refractivity contribution in [1.82, 2.24) is 4.98 Å². The molecule has 3 aromatic rings. The molecule has 3 nitrogen and oxygen atoms in total. The number of oxazole rings is 1. The summed E-state index contributed by atoms with van der Waals surface area (Å²) in [7, 11) is 0. The largest absolute Gasteiger partial charge is 0.505 e. The van der Waals surface area contributed by atoms with Crippen LogP contribution in [0.4, 0.5) is 0 Å². The number of hydrogen-bond acceptors (Lipinski definition) is 3. The Balaban J connectivity index is 2.28. The van der Waals surface area contributed by atoms with Gasteiger partial charge in [-0.2, -0.15) is 0 Å². The zero-order chi connectivity index (χ0) is 14.4. The maximum atomic E-state index is 10.0. The lowest BCUT2D eigenvalue weighted by atomic mass is 10.1. The predicted molar refractivity (Wildman–Crippen MR) is 86.0 cm³/mol. The molecular formula is C15H11Br2NO2. The van der Waals surface area contributed by atoms with Crippen molar-refractivity contribution in [3.8, 4) is 17.2 Å². The van der Waals surface area contributed by atoms with E-state index in [-0.39, 0.29) is 5.75 Å². The Morgan fingerprint density at radius 1 is 1.05 bits per heavy atom. The average Bonchev–Trinajstić information content (AvgIpc) is 2.89. The van der Waals surface area contributed by atoms with E-state index >= 15 is 0 Å². The van der Waals surface area contributed by atoms with Crippen LogP contribution in [-0.4, -0.2) is 10.1 Å². The molecule has 1 aromatic heterocycles. The van der Waals surface area contributed by atoms with Crippen LogP contribution >= 0.6 is 31.9 Å². The molecule has 0 atom stereocenters.